The van der Waals surface area contributed by atoms with Crippen LogP contribution in [0.1, 0.15) is 32.1 Å². The summed E-state index contributed by atoms with van der Waals surface area (Å²) >= 11 is 0. The third kappa shape index (κ3) is 8.29. The summed E-state index contributed by atoms with van der Waals surface area (Å²) in [6.07, 6.45) is 4.79. The Bertz CT molecular complexity index is 1730. The fraction of sp³-hybridized carbons (Fsp3) is 0.406. The molecule has 1 N–H and O–H groups in total. The fourth-order valence-corrected chi connectivity index (χ4v) is 5.72. The van der Waals surface area contributed by atoms with Gasteiger partial charge in [0.05, 0.1) is 20.0 Å². The van der Waals surface area contributed by atoms with Gasteiger partial charge in [0.2, 0.25) is 5.95 Å². The number of ether oxygens (including phenoxy) is 3. The Morgan fingerprint density at radius 2 is 1.70 bits per heavy atom. The molecule has 0 bridgehead atoms. The van der Waals surface area contributed by atoms with Crippen LogP contribution in [0.3, 0.4) is 0 Å². The molecule has 0 radical (unpaired) electrons. The van der Waals surface area contributed by atoms with E-state index in [1.165, 1.54) is 12.5 Å². The van der Waals surface area contributed by atoms with Crippen molar-refractivity contribution in [2.24, 2.45) is 0 Å². The maximum Gasteiger partial charge on any atom is 0.227 e. The summed E-state index contributed by atoms with van der Waals surface area (Å²) in [4.78, 5) is 15.5. The zero-order chi connectivity index (χ0) is 32.8. The average Bonchev–Trinajstić information content (AvgIpc) is 3.46. The number of oxazole rings is 1. The van der Waals surface area contributed by atoms with Gasteiger partial charge in [0.25, 0.3) is 0 Å². The minimum atomic E-state index is -3.06. The second-order valence-corrected chi connectivity index (χ2v) is 13.3. The highest BCUT2D eigenvalue weighted by molar-refractivity contribution is 7.90. The van der Waals surface area contributed by atoms with Crippen LogP contribution in [0.5, 0.6) is 17.2 Å². The van der Waals surface area contributed by atoms with Crippen molar-refractivity contribution in [3.63, 3.8) is 0 Å². The number of benzene rings is 2. The van der Waals surface area contributed by atoms with Gasteiger partial charge in [-0.3, -0.25) is 0 Å². The number of likely N-dealkylation sites (tertiary alicyclic amines) is 1. The topological polar surface area (TPSA) is 129 Å². The van der Waals surface area contributed by atoms with Crippen LogP contribution in [-0.2, 0) is 16.3 Å². The fourth-order valence-electron chi connectivity index (χ4n) is 5.13. The molecule has 0 unspecified atom stereocenters. The summed E-state index contributed by atoms with van der Waals surface area (Å²) in [5.74, 6) is 0.0501. The quantitative estimate of drug-likeness (QED) is 0.191. The Morgan fingerprint density at radius 3 is 2.30 bits per heavy atom. The van der Waals surface area contributed by atoms with Gasteiger partial charge in [-0.25, -0.2) is 32.2 Å². The SMILES string of the molecule is CCCc1nc(-c2cc(OC)cc(OC)c2)c(-c2ccnc(Nc3cc(F)c(OC4CCN(CCS(C)(=O)=O)CC4)c(F)c3)n2)o1. The van der Waals surface area contributed by atoms with Crippen molar-refractivity contribution in [1.29, 1.82) is 0 Å². The molecule has 5 rings (SSSR count). The predicted molar refractivity (Wildman–Crippen MR) is 170 cm³/mol. The highest BCUT2D eigenvalue weighted by Crippen LogP contribution is 2.37. The summed E-state index contributed by atoms with van der Waals surface area (Å²) in [6, 6.07) is 9.29. The number of nitrogens with one attached hydrogen (secondary N) is 1. The molecule has 2 aromatic carbocycles. The molecular weight excluding hydrogens is 620 g/mol. The molecule has 0 saturated carbocycles. The van der Waals surface area contributed by atoms with E-state index in [0.29, 0.717) is 79.0 Å². The molecule has 1 fully saturated rings. The highest BCUT2D eigenvalue weighted by atomic mass is 32.2. The number of sulfone groups is 1. The number of hydrogen-bond donors (Lipinski definition) is 1. The first-order valence-electron chi connectivity index (χ1n) is 14.9. The Hall–Kier alpha value is -4.30. The highest BCUT2D eigenvalue weighted by Gasteiger charge is 2.25. The maximum absolute atomic E-state index is 15.1. The first kappa shape index (κ1) is 33.1. The number of hydrogen-bond acceptors (Lipinski definition) is 11. The zero-order valence-corrected chi connectivity index (χ0v) is 27.0. The molecule has 0 aliphatic carbocycles. The number of piperidine rings is 1. The van der Waals surface area contributed by atoms with Crippen LogP contribution in [0.15, 0.2) is 47.0 Å². The van der Waals surface area contributed by atoms with E-state index in [9.17, 15) is 8.42 Å². The van der Waals surface area contributed by atoms with Gasteiger partial charge in [0.15, 0.2) is 29.0 Å². The molecule has 3 heterocycles. The molecule has 0 amide bonds. The van der Waals surface area contributed by atoms with Crippen molar-refractivity contribution in [3.05, 3.63) is 60.1 Å². The largest absolute Gasteiger partial charge is 0.497 e. The smallest absolute Gasteiger partial charge is 0.227 e. The third-order valence-corrected chi connectivity index (χ3v) is 8.42. The number of aromatic nitrogens is 3. The molecule has 0 atom stereocenters. The summed E-state index contributed by atoms with van der Waals surface area (Å²) in [5, 5.41) is 2.87. The van der Waals surface area contributed by atoms with Crippen molar-refractivity contribution in [2.75, 3.05) is 51.2 Å². The van der Waals surface area contributed by atoms with Crippen molar-refractivity contribution in [1.82, 2.24) is 19.9 Å². The summed E-state index contributed by atoms with van der Waals surface area (Å²) in [5.41, 5.74) is 1.74. The van der Waals surface area contributed by atoms with Crippen LogP contribution in [0.4, 0.5) is 20.4 Å². The Kier molecular flexibility index (Phi) is 10.4. The van der Waals surface area contributed by atoms with Gasteiger partial charge < -0.3 is 28.8 Å². The lowest BCUT2D eigenvalue weighted by molar-refractivity contribution is 0.0966. The molecule has 246 valence electrons. The molecule has 0 spiro atoms. The summed E-state index contributed by atoms with van der Waals surface area (Å²) < 4.78 is 75.8. The van der Waals surface area contributed by atoms with Gasteiger partial charge in [-0.15, -0.1) is 0 Å². The molecule has 11 nitrogen and oxygen atoms in total. The van der Waals surface area contributed by atoms with Gasteiger partial charge in [-0.05, 0) is 37.5 Å². The number of aryl methyl sites for hydroxylation is 1. The third-order valence-electron chi connectivity index (χ3n) is 7.50. The normalized spacial score (nSPS) is 14.3. The molecule has 4 aromatic rings. The molecule has 2 aromatic heterocycles. The van der Waals surface area contributed by atoms with Gasteiger partial charge in [0, 0.05) is 68.0 Å². The maximum atomic E-state index is 15.1. The number of rotatable bonds is 13. The number of anilines is 2. The zero-order valence-electron chi connectivity index (χ0n) is 26.2. The second kappa shape index (κ2) is 14.4. The van der Waals surface area contributed by atoms with E-state index >= 15 is 8.78 Å². The van der Waals surface area contributed by atoms with Crippen molar-refractivity contribution < 1.29 is 35.8 Å². The van der Waals surface area contributed by atoms with Crippen LogP contribution in [0.25, 0.3) is 22.7 Å². The molecule has 1 aliphatic rings. The Morgan fingerprint density at radius 1 is 1.02 bits per heavy atom. The minimum absolute atomic E-state index is 0.0692. The van der Waals surface area contributed by atoms with E-state index in [1.54, 1.807) is 26.4 Å². The van der Waals surface area contributed by atoms with Crippen LogP contribution in [0, 0.1) is 11.6 Å². The van der Waals surface area contributed by atoms with E-state index in [2.05, 4.69) is 15.3 Å². The molecule has 14 heteroatoms. The van der Waals surface area contributed by atoms with Gasteiger partial charge >= 0.3 is 0 Å². The monoisotopic (exact) mass is 657 g/mol. The summed E-state index contributed by atoms with van der Waals surface area (Å²) in [6.45, 7) is 3.60. The Balaban J connectivity index is 1.33. The van der Waals surface area contributed by atoms with Crippen molar-refractivity contribution in [2.45, 2.75) is 38.7 Å². The van der Waals surface area contributed by atoms with Crippen molar-refractivity contribution >= 4 is 21.5 Å². The number of halogens is 2. The lowest BCUT2D eigenvalue weighted by Crippen LogP contribution is -2.40. The van der Waals surface area contributed by atoms with Crippen LogP contribution in [0.2, 0.25) is 0 Å². The van der Waals surface area contributed by atoms with Crippen LogP contribution >= 0.6 is 0 Å². The first-order chi connectivity index (χ1) is 22.0. The molecule has 1 aliphatic heterocycles. The van der Waals surface area contributed by atoms with Crippen LogP contribution in [-0.4, -0.2) is 80.2 Å². The average molecular weight is 658 g/mol. The van der Waals surface area contributed by atoms with Gasteiger partial charge in [-0.1, -0.05) is 6.92 Å². The van der Waals surface area contributed by atoms with E-state index in [1.807, 2.05) is 24.0 Å². The lowest BCUT2D eigenvalue weighted by atomic mass is 10.1. The van der Waals surface area contributed by atoms with E-state index < -0.39 is 33.3 Å². The first-order valence-corrected chi connectivity index (χ1v) is 17.0. The van der Waals surface area contributed by atoms with E-state index in [-0.39, 0.29) is 17.4 Å². The standard InChI is InChI=1S/C32H37F2N5O6S/c1-5-6-28-38-29(20-15-23(42-2)19-24(16-20)43-3)31(45-28)27-7-10-35-32(37-27)36-21-17-25(33)30(26(34)18-21)44-22-8-11-39(12-9-22)13-14-46(4,40)41/h7,10,15-19,22H,5-6,8-9,11-14H2,1-4H3,(H,35,36,37). The molecule has 1 saturated heterocycles. The molecule has 46 heavy (non-hydrogen) atoms. The van der Waals surface area contributed by atoms with Crippen LogP contribution < -0.4 is 19.5 Å². The summed E-state index contributed by atoms with van der Waals surface area (Å²) in [7, 11) is 0.0620. The molecular formula is C32H37F2N5O6S. The minimum Gasteiger partial charge on any atom is -0.497 e. The van der Waals surface area contributed by atoms with E-state index in [0.717, 1.165) is 18.6 Å². The van der Waals surface area contributed by atoms with Crippen molar-refractivity contribution in [3.8, 4) is 40.0 Å². The number of methoxy groups -OCH3 is 2. The predicted octanol–water partition coefficient (Wildman–Crippen LogP) is 5.68. The second-order valence-electron chi connectivity index (χ2n) is 11.1. The lowest BCUT2D eigenvalue weighted by Gasteiger charge is -2.32. The Labute approximate surface area is 266 Å². The number of nitrogens with zero attached hydrogens (tertiary/aromatic N) is 4. The van der Waals surface area contributed by atoms with Gasteiger partial charge in [-0.2, -0.15) is 0 Å². The van der Waals surface area contributed by atoms with E-state index in [4.69, 9.17) is 23.6 Å². The van der Waals surface area contributed by atoms with Gasteiger partial charge in [0.1, 0.15) is 38.8 Å².